The van der Waals surface area contributed by atoms with Crippen LogP contribution in [0.2, 0.25) is 0 Å². The highest BCUT2D eigenvalue weighted by Gasteiger charge is 2.28. The molecule has 10 nitrogen and oxygen atoms in total. The zero-order chi connectivity index (χ0) is 29.8. The SMILES string of the molecule is CC#Cc1sc2c(c1C)c(=O)n(-c1cncc(C(=O)OC)c1)c(=O)n2C[C@H](OC1CCOCC1)c1ccccc1OC. The van der Waals surface area contributed by atoms with Crippen molar-refractivity contribution in [3.63, 3.8) is 0 Å². The summed E-state index contributed by atoms with van der Waals surface area (Å²) in [5.74, 6) is 5.96. The van der Waals surface area contributed by atoms with Gasteiger partial charge in [-0.2, -0.15) is 0 Å². The van der Waals surface area contributed by atoms with Crippen LogP contribution in [0.25, 0.3) is 15.9 Å². The summed E-state index contributed by atoms with van der Waals surface area (Å²) in [6.07, 6.45) is 3.46. The number of aromatic nitrogens is 3. The summed E-state index contributed by atoms with van der Waals surface area (Å²) in [5.41, 5.74) is 0.601. The molecule has 11 heteroatoms. The van der Waals surface area contributed by atoms with Crippen LogP contribution in [0.15, 0.2) is 52.3 Å². The number of nitrogens with zero attached hydrogens (tertiary/aromatic N) is 3. The first-order valence-corrected chi connectivity index (χ1v) is 14.3. The van der Waals surface area contributed by atoms with E-state index in [1.165, 1.54) is 36.9 Å². The van der Waals surface area contributed by atoms with E-state index >= 15 is 0 Å². The molecule has 1 aliphatic heterocycles. The highest BCUT2D eigenvalue weighted by atomic mass is 32.1. The summed E-state index contributed by atoms with van der Waals surface area (Å²) in [5, 5.41) is 0.366. The largest absolute Gasteiger partial charge is 0.496 e. The Morgan fingerprint density at radius 3 is 2.67 bits per heavy atom. The molecule has 0 saturated carbocycles. The van der Waals surface area contributed by atoms with Crippen LogP contribution in [0, 0.1) is 18.8 Å². The molecule has 0 bridgehead atoms. The summed E-state index contributed by atoms with van der Waals surface area (Å²) in [6.45, 7) is 4.81. The Hall–Kier alpha value is -4.24. The molecule has 1 aromatic carbocycles. The van der Waals surface area contributed by atoms with Crippen molar-refractivity contribution in [1.82, 2.24) is 14.1 Å². The van der Waals surface area contributed by atoms with E-state index in [0.29, 0.717) is 39.6 Å². The maximum atomic E-state index is 14.3. The van der Waals surface area contributed by atoms with E-state index in [2.05, 4.69) is 16.8 Å². The lowest BCUT2D eigenvalue weighted by Gasteiger charge is -2.29. The van der Waals surface area contributed by atoms with Crippen LogP contribution in [0.5, 0.6) is 5.75 Å². The minimum Gasteiger partial charge on any atom is -0.496 e. The van der Waals surface area contributed by atoms with Gasteiger partial charge in [0.15, 0.2) is 0 Å². The van der Waals surface area contributed by atoms with E-state index in [-0.39, 0.29) is 23.9 Å². The van der Waals surface area contributed by atoms with Gasteiger partial charge in [-0.25, -0.2) is 14.2 Å². The Bertz CT molecular complexity index is 1810. The minimum absolute atomic E-state index is 0.0849. The summed E-state index contributed by atoms with van der Waals surface area (Å²) in [7, 11) is 2.84. The highest BCUT2D eigenvalue weighted by molar-refractivity contribution is 7.19. The smallest absolute Gasteiger partial charge is 0.339 e. The first kappa shape index (κ1) is 29.3. The molecule has 1 atom stereocenters. The van der Waals surface area contributed by atoms with Crippen LogP contribution in [-0.2, 0) is 20.8 Å². The molecule has 3 aromatic heterocycles. The Morgan fingerprint density at radius 1 is 1.19 bits per heavy atom. The van der Waals surface area contributed by atoms with Gasteiger partial charge in [-0.05, 0) is 44.4 Å². The molecule has 0 radical (unpaired) electrons. The third-order valence-corrected chi connectivity index (χ3v) is 8.44. The fourth-order valence-electron chi connectivity index (χ4n) is 5.10. The predicted molar refractivity (Wildman–Crippen MR) is 159 cm³/mol. The number of methoxy groups -OCH3 is 2. The van der Waals surface area contributed by atoms with Gasteiger partial charge < -0.3 is 18.9 Å². The number of carbonyl (C=O) groups is 1. The van der Waals surface area contributed by atoms with E-state index < -0.39 is 23.3 Å². The number of rotatable bonds is 8. The second-order valence-corrected chi connectivity index (χ2v) is 10.7. The zero-order valence-corrected chi connectivity index (χ0v) is 24.7. The molecule has 1 aliphatic rings. The standard InChI is InChI=1S/C31H31N3O7S/c1-5-8-26-19(2)27-28(35)34(21-15-20(16-32-17-21)30(36)39-4)31(37)33(29(27)42-26)18-25(41-22-11-13-40-14-12-22)23-9-6-7-10-24(23)38-3/h6-7,9-10,15-17,22,25H,11-14,18H2,1-4H3/t25-/m0/s1. The van der Waals surface area contributed by atoms with Crippen molar-refractivity contribution >= 4 is 27.5 Å². The zero-order valence-electron chi connectivity index (χ0n) is 23.8. The van der Waals surface area contributed by atoms with E-state index in [1.54, 1.807) is 18.6 Å². The molecule has 4 heterocycles. The number of hydrogen-bond acceptors (Lipinski definition) is 9. The average Bonchev–Trinajstić information content (AvgIpc) is 3.34. The lowest BCUT2D eigenvalue weighted by atomic mass is 10.1. The minimum atomic E-state index is -0.632. The number of ether oxygens (including phenoxy) is 4. The van der Waals surface area contributed by atoms with Crippen LogP contribution < -0.4 is 16.0 Å². The van der Waals surface area contributed by atoms with E-state index in [1.807, 2.05) is 31.2 Å². The van der Waals surface area contributed by atoms with Crippen molar-refractivity contribution in [3.05, 3.63) is 85.1 Å². The number of esters is 1. The van der Waals surface area contributed by atoms with Gasteiger partial charge in [0.05, 0.1) is 54.6 Å². The number of thiophene rings is 1. The number of hydrogen-bond donors (Lipinski definition) is 0. The molecular weight excluding hydrogens is 558 g/mol. The normalized spacial score (nSPS) is 14.3. The fourth-order valence-corrected chi connectivity index (χ4v) is 6.31. The molecule has 0 aliphatic carbocycles. The van der Waals surface area contributed by atoms with Crippen molar-refractivity contribution in [2.45, 2.75) is 45.4 Å². The van der Waals surface area contributed by atoms with Crippen LogP contribution >= 0.6 is 11.3 Å². The second kappa shape index (κ2) is 12.7. The van der Waals surface area contributed by atoms with Crippen molar-refractivity contribution in [1.29, 1.82) is 0 Å². The number of carbonyl (C=O) groups excluding carboxylic acids is 1. The van der Waals surface area contributed by atoms with E-state index in [9.17, 15) is 14.4 Å². The van der Waals surface area contributed by atoms with Crippen LogP contribution in [0.3, 0.4) is 0 Å². The lowest BCUT2D eigenvalue weighted by Crippen LogP contribution is -2.40. The second-order valence-electron chi connectivity index (χ2n) is 9.75. The van der Waals surface area contributed by atoms with Crippen LogP contribution in [0.4, 0.5) is 0 Å². The highest BCUT2D eigenvalue weighted by Crippen LogP contribution is 2.34. The maximum Gasteiger partial charge on any atom is 0.339 e. The van der Waals surface area contributed by atoms with Crippen molar-refractivity contribution in [3.8, 4) is 23.3 Å². The van der Waals surface area contributed by atoms with Crippen LogP contribution in [0.1, 0.15) is 52.2 Å². The Balaban J connectivity index is 1.75. The first-order valence-electron chi connectivity index (χ1n) is 13.5. The van der Waals surface area contributed by atoms with Gasteiger partial charge in [0.1, 0.15) is 16.7 Å². The fraction of sp³-hybridized carbons (Fsp3) is 0.355. The van der Waals surface area contributed by atoms with E-state index in [4.69, 9.17) is 18.9 Å². The summed E-state index contributed by atoms with van der Waals surface area (Å²) in [6, 6.07) is 8.95. The molecule has 1 saturated heterocycles. The molecule has 218 valence electrons. The Labute approximate surface area is 246 Å². The van der Waals surface area contributed by atoms with Crippen molar-refractivity contribution in [2.75, 3.05) is 27.4 Å². The van der Waals surface area contributed by atoms with Gasteiger partial charge in [0.2, 0.25) is 0 Å². The number of benzene rings is 1. The monoisotopic (exact) mass is 589 g/mol. The van der Waals surface area contributed by atoms with Gasteiger partial charge in [0, 0.05) is 25.0 Å². The summed E-state index contributed by atoms with van der Waals surface area (Å²) in [4.78, 5) is 45.8. The van der Waals surface area contributed by atoms with Gasteiger partial charge >= 0.3 is 11.7 Å². The predicted octanol–water partition coefficient (Wildman–Crippen LogP) is 4.02. The number of pyridine rings is 1. The number of aryl methyl sites for hydroxylation is 1. The number of para-hydroxylation sites is 1. The molecule has 0 amide bonds. The molecule has 0 spiro atoms. The lowest BCUT2D eigenvalue weighted by molar-refractivity contribution is -0.0752. The molecular formula is C31H31N3O7S. The van der Waals surface area contributed by atoms with Crippen LogP contribution in [-0.4, -0.2) is 53.6 Å². The molecule has 0 unspecified atom stereocenters. The number of fused-ring (bicyclic) bond motifs is 1. The van der Waals surface area contributed by atoms with Gasteiger partial charge in [-0.1, -0.05) is 24.1 Å². The first-order chi connectivity index (χ1) is 20.4. The Morgan fingerprint density at radius 2 is 1.95 bits per heavy atom. The summed E-state index contributed by atoms with van der Waals surface area (Å²) >= 11 is 1.29. The maximum absolute atomic E-state index is 14.3. The van der Waals surface area contributed by atoms with Gasteiger partial charge in [0.25, 0.3) is 5.56 Å². The molecule has 0 N–H and O–H groups in total. The van der Waals surface area contributed by atoms with Gasteiger partial charge in [-0.3, -0.25) is 14.3 Å². The topological polar surface area (TPSA) is 111 Å². The molecule has 4 aromatic rings. The quantitative estimate of drug-likeness (QED) is 0.224. The third kappa shape index (κ3) is 5.61. The molecule has 42 heavy (non-hydrogen) atoms. The molecule has 5 rings (SSSR count). The Kier molecular flexibility index (Phi) is 8.87. The average molecular weight is 590 g/mol. The van der Waals surface area contributed by atoms with E-state index in [0.717, 1.165) is 23.0 Å². The van der Waals surface area contributed by atoms with Crippen molar-refractivity contribution < 1.29 is 23.7 Å². The third-order valence-electron chi connectivity index (χ3n) is 7.21. The summed E-state index contributed by atoms with van der Waals surface area (Å²) < 4.78 is 25.3. The molecule has 1 fully saturated rings. The van der Waals surface area contributed by atoms with Crippen molar-refractivity contribution in [2.24, 2.45) is 0 Å². The van der Waals surface area contributed by atoms with Gasteiger partial charge in [-0.15, -0.1) is 17.3 Å².